The zero-order valence-corrected chi connectivity index (χ0v) is 18.6. The van der Waals surface area contributed by atoms with Crippen LogP contribution in [0.5, 0.6) is 0 Å². The third-order valence-corrected chi connectivity index (χ3v) is 5.88. The van der Waals surface area contributed by atoms with E-state index in [2.05, 4.69) is 10.1 Å². The van der Waals surface area contributed by atoms with Gasteiger partial charge in [0.05, 0.1) is 30.9 Å². The number of rotatable bonds is 7. The van der Waals surface area contributed by atoms with Crippen molar-refractivity contribution in [1.82, 2.24) is 4.90 Å². The number of thiophene rings is 1. The van der Waals surface area contributed by atoms with Gasteiger partial charge in [0.2, 0.25) is 0 Å². The van der Waals surface area contributed by atoms with E-state index in [1.807, 2.05) is 0 Å². The van der Waals surface area contributed by atoms with E-state index < -0.39 is 48.8 Å². The van der Waals surface area contributed by atoms with Crippen molar-refractivity contribution < 1.29 is 43.0 Å². The first-order chi connectivity index (χ1) is 15.7. The summed E-state index contributed by atoms with van der Waals surface area (Å²) < 4.78 is 14.2. The number of hydrogen-bond donors (Lipinski definition) is 1. The van der Waals surface area contributed by atoms with Crippen LogP contribution < -0.4 is 5.32 Å². The minimum Gasteiger partial charge on any atom is -0.465 e. The highest BCUT2D eigenvalue weighted by atomic mass is 32.1. The summed E-state index contributed by atoms with van der Waals surface area (Å²) >= 11 is 0.799. The first kappa shape index (κ1) is 23.6. The zero-order valence-electron chi connectivity index (χ0n) is 17.8. The molecule has 11 nitrogen and oxygen atoms in total. The summed E-state index contributed by atoms with van der Waals surface area (Å²) in [6.45, 7) is 0.0670. The van der Waals surface area contributed by atoms with Gasteiger partial charge in [0.15, 0.2) is 6.61 Å². The molecule has 0 aliphatic carbocycles. The number of nitrogens with zero attached hydrogens (tertiary/aromatic N) is 1. The Hall–Kier alpha value is -4.06. The largest absolute Gasteiger partial charge is 0.465 e. The van der Waals surface area contributed by atoms with E-state index >= 15 is 0 Å². The maximum Gasteiger partial charge on any atom is 0.348 e. The molecule has 1 aromatic heterocycles. The summed E-state index contributed by atoms with van der Waals surface area (Å²) in [6.07, 6.45) is 0. The van der Waals surface area contributed by atoms with E-state index in [4.69, 9.17) is 9.47 Å². The Labute approximate surface area is 191 Å². The van der Waals surface area contributed by atoms with Crippen LogP contribution in [0.1, 0.15) is 46.3 Å². The summed E-state index contributed by atoms with van der Waals surface area (Å²) in [6, 6.07) is 6.13. The maximum atomic E-state index is 12.3. The normalized spacial score (nSPS) is 12.3. The quantitative estimate of drug-likeness (QED) is 0.357. The van der Waals surface area contributed by atoms with Crippen molar-refractivity contribution in [3.63, 3.8) is 0 Å². The molecule has 33 heavy (non-hydrogen) atoms. The van der Waals surface area contributed by atoms with Gasteiger partial charge in [-0.25, -0.2) is 9.59 Å². The molecule has 2 aromatic rings. The minimum atomic E-state index is -0.981. The molecule has 0 bridgehead atoms. The SMILES string of the molecule is COC(=O)c1sc(NC(=O)COC(=O)CN2C(=O)c3ccccc3C2=O)c(C(=O)OC)c1C. The van der Waals surface area contributed by atoms with Crippen LogP contribution >= 0.6 is 11.3 Å². The van der Waals surface area contributed by atoms with Crippen molar-refractivity contribution in [2.75, 3.05) is 32.7 Å². The molecule has 0 atom stereocenters. The second-order valence-corrected chi connectivity index (χ2v) is 7.71. The van der Waals surface area contributed by atoms with Crippen LogP contribution in [-0.4, -0.2) is 67.9 Å². The molecule has 172 valence electrons. The summed E-state index contributed by atoms with van der Waals surface area (Å²) in [5, 5.41) is 2.41. The number of nitrogens with one attached hydrogen (secondary N) is 1. The van der Waals surface area contributed by atoms with E-state index in [9.17, 15) is 28.8 Å². The van der Waals surface area contributed by atoms with Gasteiger partial charge in [0.1, 0.15) is 16.4 Å². The number of esters is 3. The first-order valence-electron chi connectivity index (χ1n) is 9.40. The monoisotopic (exact) mass is 474 g/mol. The molecular formula is C21H18N2O9S. The van der Waals surface area contributed by atoms with E-state index in [0.29, 0.717) is 0 Å². The number of carbonyl (C=O) groups excluding carboxylic acids is 6. The number of anilines is 1. The molecule has 3 rings (SSSR count). The molecule has 3 amide bonds. The van der Waals surface area contributed by atoms with Crippen LogP contribution in [0.2, 0.25) is 0 Å². The van der Waals surface area contributed by atoms with Crippen molar-refractivity contribution in [2.24, 2.45) is 0 Å². The fourth-order valence-electron chi connectivity index (χ4n) is 3.10. The van der Waals surface area contributed by atoms with Gasteiger partial charge in [-0.3, -0.25) is 24.1 Å². The lowest BCUT2D eigenvalue weighted by Gasteiger charge is -2.13. The van der Waals surface area contributed by atoms with E-state index in [-0.39, 0.29) is 32.1 Å². The molecule has 1 N–H and O–H groups in total. The third-order valence-electron chi connectivity index (χ3n) is 4.69. The molecule has 0 radical (unpaired) electrons. The zero-order chi connectivity index (χ0) is 24.3. The average molecular weight is 474 g/mol. The number of fused-ring (bicyclic) bond motifs is 1. The Kier molecular flexibility index (Phi) is 6.87. The van der Waals surface area contributed by atoms with Crippen molar-refractivity contribution in [3.05, 3.63) is 51.4 Å². The molecule has 2 heterocycles. The van der Waals surface area contributed by atoms with Crippen molar-refractivity contribution >= 4 is 52.0 Å². The van der Waals surface area contributed by atoms with Crippen LogP contribution in [0.15, 0.2) is 24.3 Å². The molecule has 0 unspecified atom stereocenters. The second kappa shape index (κ2) is 9.61. The van der Waals surface area contributed by atoms with Gasteiger partial charge in [0, 0.05) is 0 Å². The lowest BCUT2D eigenvalue weighted by molar-refractivity contribution is -0.147. The van der Waals surface area contributed by atoms with Gasteiger partial charge in [-0.2, -0.15) is 0 Å². The highest BCUT2D eigenvalue weighted by Gasteiger charge is 2.36. The molecule has 1 aliphatic heterocycles. The molecule has 1 aromatic carbocycles. The number of imide groups is 1. The topological polar surface area (TPSA) is 145 Å². The smallest absolute Gasteiger partial charge is 0.348 e. The number of carbonyl (C=O) groups is 6. The highest BCUT2D eigenvalue weighted by Crippen LogP contribution is 2.34. The fraction of sp³-hybridized carbons (Fsp3) is 0.238. The molecule has 0 spiro atoms. The lowest BCUT2D eigenvalue weighted by atomic mass is 10.1. The van der Waals surface area contributed by atoms with E-state index in [1.165, 1.54) is 26.2 Å². The Morgan fingerprint density at radius 2 is 1.55 bits per heavy atom. The van der Waals surface area contributed by atoms with Crippen molar-refractivity contribution in [1.29, 1.82) is 0 Å². The van der Waals surface area contributed by atoms with Crippen molar-refractivity contribution in [2.45, 2.75) is 6.92 Å². The van der Waals surface area contributed by atoms with Gasteiger partial charge in [-0.05, 0) is 24.6 Å². The van der Waals surface area contributed by atoms with Gasteiger partial charge in [0.25, 0.3) is 17.7 Å². The van der Waals surface area contributed by atoms with Crippen LogP contribution in [0.3, 0.4) is 0 Å². The number of hydrogen-bond acceptors (Lipinski definition) is 10. The minimum absolute atomic E-state index is 0.0150. The van der Waals surface area contributed by atoms with E-state index in [1.54, 1.807) is 12.1 Å². The fourth-order valence-corrected chi connectivity index (χ4v) is 4.23. The Morgan fingerprint density at radius 3 is 2.09 bits per heavy atom. The highest BCUT2D eigenvalue weighted by molar-refractivity contribution is 7.18. The van der Waals surface area contributed by atoms with Gasteiger partial charge >= 0.3 is 17.9 Å². The van der Waals surface area contributed by atoms with Crippen LogP contribution in [0.4, 0.5) is 5.00 Å². The van der Waals surface area contributed by atoms with Gasteiger partial charge < -0.3 is 19.5 Å². The summed E-state index contributed by atoms with van der Waals surface area (Å²) in [4.78, 5) is 73.8. The molecule has 0 saturated carbocycles. The maximum absolute atomic E-state index is 12.3. The molecule has 0 fully saturated rings. The van der Waals surface area contributed by atoms with Crippen LogP contribution in [0.25, 0.3) is 0 Å². The van der Waals surface area contributed by atoms with Gasteiger partial charge in [-0.15, -0.1) is 11.3 Å². The standard InChI is InChI=1S/C21H18N2O9S/c1-10-15(20(28)30-2)17(33-16(10)21(29)31-3)22-13(24)9-32-14(25)8-23-18(26)11-6-4-5-7-12(11)19(23)27/h4-7H,8-9H2,1-3H3,(H,22,24). The van der Waals surface area contributed by atoms with Crippen LogP contribution in [0, 0.1) is 6.92 Å². The van der Waals surface area contributed by atoms with Crippen LogP contribution in [-0.2, 0) is 23.8 Å². The molecular weight excluding hydrogens is 456 g/mol. The summed E-state index contributed by atoms with van der Waals surface area (Å²) in [5.41, 5.74) is 0.584. The third kappa shape index (κ3) is 4.60. The predicted octanol–water partition coefficient (Wildman–Crippen LogP) is 1.41. The molecule has 1 aliphatic rings. The first-order valence-corrected chi connectivity index (χ1v) is 10.2. The van der Waals surface area contributed by atoms with E-state index in [0.717, 1.165) is 23.3 Å². The Morgan fingerprint density at radius 1 is 0.970 bits per heavy atom. The number of ether oxygens (including phenoxy) is 3. The molecule has 12 heteroatoms. The Bertz CT molecular complexity index is 1150. The lowest BCUT2D eigenvalue weighted by Crippen LogP contribution is -2.36. The number of benzene rings is 1. The van der Waals surface area contributed by atoms with Crippen molar-refractivity contribution in [3.8, 4) is 0 Å². The predicted molar refractivity (Wildman–Crippen MR) is 113 cm³/mol. The Balaban J connectivity index is 1.63. The second-order valence-electron chi connectivity index (χ2n) is 6.69. The average Bonchev–Trinajstić information content (AvgIpc) is 3.25. The summed E-state index contributed by atoms with van der Waals surface area (Å²) in [7, 11) is 2.31. The molecule has 0 saturated heterocycles. The number of methoxy groups -OCH3 is 2. The number of amides is 3. The summed E-state index contributed by atoms with van der Waals surface area (Å²) in [5.74, 6) is -4.54. The van der Waals surface area contributed by atoms with Gasteiger partial charge in [-0.1, -0.05) is 12.1 Å².